The second-order valence-electron chi connectivity index (χ2n) is 7.39. The van der Waals surface area contributed by atoms with Crippen LogP contribution in [0.5, 0.6) is 0 Å². The van der Waals surface area contributed by atoms with E-state index in [2.05, 4.69) is 42.7 Å². The average Bonchev–Trinajstić information content (AvgIpc) is 2.87. The Kier molecular flexibility index (Phi) is 6.75. The third-order valence-electron chi connectivity index (χ3n) is 4.78. The fourth-order valence-corrected chi connectivity index (χ4v) is 3.43. The van der Waals surface area contributed by atoms with Gasteiger partial charge in [0, 0.05) is 32.4 Å². The average molecular weight is 360 g/mol. The highest BCUT2D eigenvalue weighted by Gasteiger charge is 2.23. The zero-order valence-corrected chi connectivity index (χ0v) is 17.3. The van der Waals surface area contributed by atoms with Crippen LogP contribution in [0.1, 0.15) is 49.4 Å². The van der Waals surface area contributed by atoms with Gasteiger partial charge in [-0.05, 0) is 38.9 Å². The van der Waals surface area contributed by atoms with E-state index in [1.165, 1.54) is 0 Å². The van der Waals surface area contributed by atoms with Gasteiger partial charge >= 0.3 is 0 Å². The molecule has 2 rings (SSSR count). The van der Waals surface area contributed by atoms with Crippen LogP contribution in [0.4, 0.5) is 0 Å². The molecule has 0 spiro atoms. The standard InChI is InChI=1S/C20H33N5O/c1-8-24(9-2)10-11-25(13-14(3)4)20(26)17-12-15(5)21-19-18(17)16(6)22-23(19)7/h12,14H,8-11,13H2,1-7H3. The van der Waals surface area contributed by atoms with E-state index in [0.29, 0.717) is 5.92 Å². The molecule has 0 unspecified atom stereocenters. The molecule has 0 saturated heterocycles. The molecule has 2 aromatic rings. The number of amides is 1. The number of carbonyl (C=O) groups excluding carboxylic acids is 1. The van der Waals surface area contributed by atoms with Crippen molar-refractivity contribution in [3.8, 4) is 0 Å². The largest absolute Gasteiger partial charge is 0.337 e. The molecule has 6 heteroatoms. The zero-order chi connectivity index (χ0) is 19.4. The molecule has 1 amide bonds. The number of likely N-dealkylation sites (N-methyl/N-ethyl adjacent to an activating group) is 1. The first-order valence-corrected chi connectivity index (χ1v) is 9.61. The monoisotopic (exact) mass is 359 g/mol. The maximum atomic E-state index is 13.4. The number of nitrogens with zero attached hydrogens (tertiary/aromatic N) is 5. The number of fused-ring (bicyclic) bond motifs is 1. The van der Waals surface area contributed by atoms with Gasteiger partial charge in [-0.25, -0.2) is 4.98 Å². The molecule has 0 atom stereocenters. The number of carbonyl (C=O) groups is 1. The van der Waals surface area contributed by atoms with E-state index in [4.69, 9.17) is 0 Å². The predicted molar refractivity (Wildman–Crippen MR) is 107 cm³/mol. The van der Waals surface area contributed by atoms with Gasteiger partial charge in [-0.2, -0.15) is 5.10 Å². The lowest BCUT2D eigenvalue weighted by Gasteiger charge is -2.28. The molecular formula is C20H33N5O. The maximum absolute atomic E-state index is 13.4. The number of aryl methyl sites for hydroxylation is 3. The van der Waals surface area contributed by atoms with Gasteiger partial charge in [-0.1, -0.05) is 27.7 Å². The van der Waals surface area contributed by atoms with E-state index in [1.54, 1.807) is 4.68 Å². The maximum Gasteiger partial charge on any atom is 0.254 e. The number of hydrogen-bond acceptors (Lipinski definition) is 4. The first-order valence-electron chi connectivity index (χ1n) is 9.61. The van der Waals surface area contributed by atoms with Crippen molar-refractivity contribution in [1.82, 2.24) is 24.6 Å². The summed E-state index contributed by atoms with van der Waals surface area (Å²) < 4.78 is 1.76. The van der Waals surface area contributed by atoms with Crippen molar-refractivity contribution in [2.24, 2.45) is 13.0 Å². The summed E-state index contributed by atoms with van der Waals surface area (Å²) >= 11 is 0. The number of rotatable bonds is 8. The lowest BCUT2D eigenvalue weighted by molar-refractivity contribution is 0.0718. The summed E-state index contributed by atoms with van der Waals surface area (Å²) in [6.45, 7) is 16.9. The van der Waals surface area contributed by atoms with Crippen LogP contribution in [0.25, 0.3) is 11.0 Å². The van der Waals surface area contributed by atoms with Crippen LogP contribution >= 0.6 is 0 Å². The zero-order valence-electron chi connectivity index (χ0n) is 17.3. The molecule has 0 bridgehead atoms. The van der Waals surface area contributed by atoms with Crippen molar-refractivity contribution in [1.29, 1.82) is 0 Å². The van der Waals surface area contributed by atoms with Crippen LogP contribution in [0, 0.1) is 19.8 Å². The molecule has 0 radical (unpaired) electrons. The van der Waals surface area contributed by atoms with Crippen molar-refractivity contribution in [2.75, 3.05) is 32.7 Å². The van der Waals surface area contributed by atoms with Crippen LogP contribution in [0.2, 0.25) is 0 Å². The molecular weight excluding hydrogens is 326 g/mol. The quantitative estimate of drug-likeness (QED) is 0.727. The minimum atomic E-state index is 0.0810. The number of pyridine rings is 1. The topological polar surface area (TPSA) is 54.3 Å². The molecule has 0 aliphatic carbocycles. The molecule has 0 N–H and O–H groups in total. The van der Waals surface area contributed by atoms with Crippen molar-refractivity contribution >= 4 is 16.9 Å². The molecule has 26 heavy (non-hydrogen) atoms. The highest BCUT2D eigenvalue weighted by atomic mass is 16.2. The van der Waals surface area contributed by atoms with Crippen LogP contribution in [-0.4, -0.2) is 63.2 Å². The Morgan fingerprint density at radius 3 is 2.42 bits per heavy atom. The number of aromatic nitrogens is 3. The summed E-state index contributed by atoms with van der Waals surface area (Å²) in [5, 5.41) is 5.35. The first-order chi connectivity index (χ1) is 12.3. The van der Waals surface area contributed by atoms with Crippen LogP contribution in [0.15, 0.2) is 6.07 Å². The Balaban J connectivity index is 2.40. The van der Waals surface area contributed by atoms with Gasteiger partial charge in [0.25, 0.3) is 5.91 Å². The lowest BCUT2D eigenvalue weighted by atomic mass is 10.1. The molecule has 0 saturated carbocycles. The fraction of sp³-hybridized carbons (Fsp3) is 0.650. The van der Waals surface area contributed by atoms with Gasteiger partial charge in [0.05, 0.1) is 16.6 Å². The molecule has 0 aromatic carbocycles. The van der Waals surface area contributed by atoms with Crippen LogP contribution in [0.3, 0.4) is 0 Å². The summed E-state index contributed by atoms with van der Waals surface area (Å²) in [4.78, 5) is 22.4. The summed E-state index contributed by atoms with van der Waals surface area (Å²) in [6, 6.07) is 1.91. The summed E-state index contributed by atoms with van der Waals surface area (Å²) in [7, 11) is 1.88. The molecule has 0 aliphatic heterocycles. The van der Waals surface area contributed by atoms with E-state index in [0.717, 1.165) is 60.7 Å². The van der Waals surface area contributed by atoms with Gasteiger partial charge in [0.1, 0.15) is 0 Å². The molecule has 0 aliphatic rings. The van der Waals surface area contributed by atoms with E-state index in [1.807, 2.05) is 31.9 Å². The van der Waals surface area contributed by atoms with Crippen molar-refractivity contribution < 1.29 is 4.79 Å². The second kappa shape index (κ2) is 8.62. The van der Waals surface area contributed by atoms with Gasteiger partial charge < -0.3 is 9.80 Å². The van der Waals surface area contributed by atoms with Crippen molar-refractivity contribution in [3.63, 3.8) is 0 Å². The Morgan fingerprint density at radius 1 is 1.19 bits per heavy atom. The van der Waals surface area contributed by atoms with Gasteiger partial charge in [-0.15, -0.1) is 0 Å². The molecule has 6 nitrogen and oxygen atoms in total. The smallest absolute Gasteiger partial charge is 0.254 e. The van der Waals surface area contributed by atoms with Gasteiger partial charge in [-0.3, -0.25) is 9.48 Å². The highest BCUT2D eigenvalue weighted by Crippen LogP contribution is 2.23. The Hall–Kier alpha value is -1.95. The Bertz CT molecular complexity index is 761. The molecule has 2 aromatic heterocycles. The predicted octanol–water partition coefficient (Wildman–Crippen LogP) is 3.03. The second-order valence-corrected chi connectivity index (χ2v) is 7.39. The summed E-state index contributed by atoms with van der Waals surface area (Å²) in [5.74, 6) is 0.501. The van der Waals surface area contributed by atoms with Gasteiger partial charge in [0.2, 0.25) is 0 Å². The summed E-state index contributed by atoms with van der Waals surface area (Å²) in [6.07, 6.45) is 0. The van der Waals surface area contributed by atoms with E-state index >= 15 is 0 Å². The minimum absolute atomic E-state index is 0.0810. The van der Waals surface area contributed by atoms with E-state index in [-0.39, 0.29) is 5.91 Å². The third kappa shape index (κ3) is 4.41. The van der Waals surface area contributed by atoms with Crippen LogP contribution < -0.4 is 0 Å². The molecule has 0 fully saturated rings. The van der Waals surface area contributed by atoms with Crippen LogP contribution in [-0.2, 0) is 7.05 Å². The molecule has 144 valence electrons. The Labute approximate surface area is 157 Å². The van der Waals surface area contributed by atoms with Gasteiger partial charge in [0.15, 0.2) is 5.65 Å². The molecule has 2 heterocycles. The van der Waals surface area contributed by atoms with E-state index < -0.39 is 0 Å². The van der Waals surface area contributed by atoms with Crippen molar-refractivity contribution in [2.45, 2.75) is 41.5 Å². The van der Waals surface area contributed by atoms with Crippen molar-refractivity contribution in [3.05, 3.63) is 23.0 Å². The lowest BCUT2D eigenvalue weighted by Crippen LogP contribution is -2.40. The third-order valence-corrected chi connectivity index (χ3v) is 4.78. The highest BCUT2D eigenvalue weighted by molar-refractivity contribution is 6.06. The number of hydrogen-bond donors (Lipinski definition) is 0. The van der Waals surface area contributed by atoms with E-state index in [9.17, 15) is 4.79 Å². The fourth-order valence-electron chi connectivity index (χ4n) is 3.43. The first kappa shape index (κ1) is 20.4. The SMILES string of the molecule is CCN(CC)CCN(CC(C)C)C(=O)c1cc(C)nc2c1c(C)nn2C. The Morgan fingerprint density at radius 2 is 1.85 bits per heavy atom. The summed E-state index contributed by atoms with van der Waals surface area (Å²) in [5.41, 5.74) is 3.20. The minimum Gasteiger partial charge on any atom is -0.337 e. The normalized spacial score (nSPS) is 11.7.